The van der Waals surface area contributed by atoms with E-state index in [0.29, 0.717) is 38.2 Å². The highest BCUT2D eigenvalue weighted by Crippen LogP contribution is 2.42. The van der Waals surface area contributed by atoms with Crippen molar-refractivity contribution in [1.82, 2.24) is 4.98 Å². The van der Waals surface area contributed by atoms with Gasteiger partial charge in [-0.3, -0.25) is 4.72 Å². The van der Waals surface area contributed by atoms with E-state index in [1.54, 1.807) is 18.2 Å². The molecule has 0 bridgehead atoms. The summed E-state index contributed by atoms with van der Waals surface area (Å²) in [6.45, 7) is 4.59. The van der Waals surface area contributed by atoms with E-state index in [0.717, 1.165) is 30.3 Å². The first-order valence-electron chi connectivity index (χ1n) is 14.0. The first-order chi connectivity index (χ1) is 19.9. The van der Waals surface area contributed by atoms with Crippen LogP contribution in [0.5, 0.6) is 0 Å². The Labute approximate surface area is 245 Å². The molecule has 0 saturated heterocycles. The maximum Gasteiger partial charge on any atom is 0.338 e. The highest BCUT2D eigenvalue weighted by atomic mass is 32.2. The summed E-state index contributed by atoms with van der Waals surface area (Å²) in [5, 5.41) is 10.8. The zero-order valence-electron chi connectivity index (χ0n) is 23.9. The molecule has 2 aromatic carbocycles. The predicted octanol–water partition coefficient (Wildman–Crippen LogP) is 7.42. The average molecular weight is 599 g/mol. The molecule has 0 fully saturated rings. The van der Waals surface area contributed by atoms with Crippen molar-refractivity contribution in [1.29, 1.82) is 0 Å². The third-order valence-electron chi connectivity index (χ3n) is 7.56. The van der Waals surface area contributed by atoms with Crippen LogP contribution in [0.25, 0.3) is 0 Å². The normalized spacial score (nSPS) is 18.5. The molecule has 2 N–H and O–H groups in total. The lowest BCUT2D eigenvalue weighted by Crippen LogP contribution is -2.41. The Bertz CT molecular complexity index is 1540. The SMILES string of the molecule is CCC[C@@]1(CCc2ccccc2)CC(O)=C([C@H](CC)c2cccc(NS(=O)(=O)c3ccc(C(C)(F)F)cn3)c2)C(=O)O1. The number of aryl methyl sites for hydroxylation is 1. The van der Waals surface area contributed by atoms with Gasteiger partial charge < -0.3 is 9.84 Å². The van der Waals surface area contributed by atoms with Gasteiger partial charge in [0.2, 0.25) is 0 Å². The molecule has 7 nitrogen and oxygen atoms in total. The number of halogens is 2. The number of nitrogens with one attached hydrogen (secondary N) is 1. The maximum absolute atomic E-state index is 13.5. The molecule has 0 radical (unpaired) electrons. The van der Waals surface area contributed by atoms with Crippen molar-refractivity contribution in [2.24, 2.45) is 0 Å². The first kappa shape index (κ1) is 31.2. The predicted molar refractivity (Wildman–Crippen MR) is 157 cm³/mol. The number of aliphatic hydroxyl groups excluding tert-OH is 1. The minimum absolute atomic E-state index is 0.0115. The molecule has 3 aromatic rings. The van der Waals surface area contributed by atoms with Crippen LogP contribution in [0, 0.1) is 0 Å². The molecule has 0 spiro atoms. The second-order valence-electron chi connectivity index (χ2n) is 10.8. The van der Waals surface area contributed by atoms with Crippen LogP contribution in [0.1, 0.15) is 75.5 Å². The number of aliphatic hydroxyl groups is 1. The third-order valence-corrected chi connectivity index (χ3v) is 8.86. The molecule has 10 heteroatoms. The number of alkyl halides is 2. The number of benzene rings is 2. The van der Waals surface area contributed by atoms with Gasteiger partial charge >= 0.3 is 5.97 Å². The van der Waals surface area contributed by atoms with Gasteiger partial charge in [-0.2, -0.15) is 8.42 Å². The fourth-order valence-electron chi connectivity index (χ4n) is 5.46. The van der Waals surface area contributed by atoms with E-state index in [2.05, 4.69) is 9.71 Å². The van der Waals surface area contributed by atoms with E-state index in [4.69, 9.17) is 4.74 Å². The molecule has 0 amide bonds. The smallest absolute Gasteiger partial charge is 0.338 e. The van der Waals surface area contributed by atoms with E-state index < -0.39 is 44.0 Å². The van der Waals surface area contributed by atoms with Crippen LogP contribution in [0.15, 0.2) is 89.3 Å². The summed E-state index contributed by atoms with van der Waals surface area (Å²) in [4.78, 5) is 17.2. The van der Waals surface area contributed by atoms with Crippen LogP contribution in [0.4, 0.5) is 14.5 Å². The molecule has 1 aromatic heterocycles. The topological polar surface area (TPSA) is 106 Å². The number of rotatable bonds is 12. The van der Waals surface area contributed by atoms with E-state index in [9.17, 15) is 27.1 Å². The standard InChI is InChI=1S/C32H36F2N2O5S/c1-4-17-32(18-16-22-10-7-6-8-11-22)20-27(37)29(30(38)41-32)26(5-2)23-12-9-13-25(19-23)36-42(39,40)28-15-14-24(21-35-28)31(3,33)34/h6-15,19,21,26,36-37H,4-5,16-18,20H2,1-3H3/t26-,32-/m1/s1. The molecular formula is C32H36F2N2O5S. The Balaban J connectivity index is 1.57. The average Bonchev–Trinajstić information content (AvgIpc) is 2.94. The number of ether oxygens (including phenoxy) is 1. The van der Waals surface area contributed by atoms with Crippen molar-refractivity contribution in [3.8, 4) is 0 Å². The summed E-state index contributed by atoms with van der Waals surface area (Å²) >= 11 is 0. The van der Waals surface area contributed by atoms with Gasteiger partial charge in [-0.15, -0.1) is 0 Å². The number of anilines is 1. The van der Waals surface area contributed by atoms with Gasteiger partial charge in [0.25, 0.3) is 15.9 Å². The molecule has 0 aliphatic carbocycles. The molecule has 1 aliphatic rings. The third kappa shape index (κ3) is 7.15. The van der Waals surface area contributed by atoms with Crippen molar-refractivity contribution in [3.63, 3.8) is 0 Å². The maximum atomic E-state index is 13.5. The summed E-state index contributed by atoms with van der Waals surface area (Å²) in [6, 6.07) is 18.5. The fraction of sp³-hybridized carbons (Fsp3) is 0.375. The number of cyclic esters (lactones) is 1. The second kappa shape index (κ2) is 12.6. The second-order valence-corrected chi connectivity index (χ2v) is 12.4. The van der Waals surface area contributed by atoms with E-state index in [1.807, 2.05) is 44.2 Å². The van der Waals surface area contributed by atoms with E-state index >= 15 is 0 Å². The monoisotopic (exact) mass is 598 g/mol. The van der Waals surface area contributed by atoms with Gasteiger partial charge in [-0.05, 0) is 61.1 Å². The zero-order valence-corrected chi connectivity index (χ0v) is 24.8. The van der Waals surface area contributed by atoms with Gasteiger partial charge in [0.05, 0.1) is 5.57 Å². The lowest BCUT2D eigenvalue weighted by atomic mass is 9.80. The van der Waals surface area contributed by atoms with Gasteiger partial charge in [0.1, 0.15) is 11.4 Å². The van der Waals surface area contributed by atoms with Crippen molar-refractivity contribution in [2.45, 2.75) is 81.8 Å². The molecule has 42 heavy (non-hydrogen) atoms. The molecule has 0 saturated carbocycles. The van der Waals surface area contributed by atoms with Crippen molar-refractivity contribution in [2.75, 3.05) is 4.72 Å². The summed E-state index contributed by atoms with van der Waals surface area (Å²) in [6.07, 6.45) is 4.16. The van der Waals surface area contributed by atoms with Crippen LogP contribution in [-0.4, -0.2) is 30.1 Å². The highest BCUT2D eigenvalue weighted by Gasteiger charge is 2.43. The van der Waals surface area contributed by atoms with Crippen LogP contribution in [0.3, 0.4) is 0 Å². The van der Waals surface area contributed by atoms with E-state index in [-0.39, 0.29) is 23.4 Å². The number of carbonyl (C=O) groups is 1. The minimum Gasteiger partial charge on any atom is -0.512 e. The van der Waals surface area contributed by atoms with Gasteiger partial charge in [0.15, 0.2) is 5.03 Å². The van der Waals surface area contributed by atoms with Crippen LogP contribution >= 0.6 is 0 Å². The number of esters is 1. The summed E-state index contributed by atoms with van der Waals surface area (Å²) < 4.78 is 61.4. The van der Waals surface area contributed by atoms with Crippen molar-refractivity contribution >= 4 is 21.7 Å². The largest absolute Gasteiger partial charge is 0.512 e. The summed E-state index contributed by atoms with van der Waals surface area (Å²) in [7, 11) is -4.18. The number of hydrogen-bond donors (Lipinski definition) is 2. The fourth-order valence-corrected chi connectivity index (χ4v) is 6.44. The molecule has 1 aliphatic heterocycles. The van der Waals surface area contributed by atoms with Gasteiger partial charge in [0, 0.05) is 36.7 Å². The number of sulfonamides is 1. The summed E-state index contributed by atoms with van der Waals surface area (Å²) in [5.74, 6) is -4.28. The Hall–Kier alpha value is -3.79. The van der Waals surface area contributed by atoms with Crippen LogP contribution < -0.4 is 4.72 Å². The molecule has 0 unspecified atom stereocenters. The molecule has 224 valence electrons. The lowest BCUT2D eigenvalue weighted by Gasteiger charge is -2.38. The minimum atomic E-state index is -4.18. The van der Waals surface area contributed by atoms with Crippen LogP contribution in [-0.2, 0) is 31.9 Å². The summed E-state index contributed by atoms with van der Waals surface area (Å²) in [5.41, 5.74) is 0.891. The Morgan fingerprint density at radius 2 is 1.81 bits per heavy atom. The number of aromatic nitrogens is 1. The van der Waals surface area contributed by atoms with Crippen LogP contribution in [0.2, 0.25) is 0 Å². The van der Waals surface area contributed by atoms with Gasteiger partial charge in [-0.1, -0.05) is 62.7 Å². The number of pyridine rings is 1. The Kier molecular flexibility index (Phi) is 9.35. The number of carbonyl (C=O) groups excluding carboxylic acids is 1. The number of hydrogen-bond acceptors (Lipinski definition) is 6. The van der Waals surface area contributed by atoms with E-state index in [1.165, 1.54) is 6.07 Å². The van der Waals surface area contributed by atoms with Gasteiger partial charge in [-0.25, -0.2) is 18.6 Å². The highest BCUT2D eigenvalue weighted by molar-refractivity contribution is 7.92. The van der Waals surface area contributed by atoms with Crippen molar-refractivity contribution in [3.05, 3.63) is 101 Å². The van der Waals surface area contributed by atoms with Crippen molar-refractivity contribution < 1.29 is 31.8 Å². The molecular weight excluding hydrogens is 562 g/mol. The quantitative estimate of drug-likeness (QED) is 0.210. The molecule has 2 heterocycles. The Morgan fingerprint density at radius 3 is 2.40 bits per heavy atom. The lowest BCUT2D eigenvalue weighted by molar-refractivity contribution is -0.161. The first-order valence-corrected chi connectivity index (χ1v) is 15.5. The molecule has 2 atom stereocenters. The number of nitrogens with zero attached hydrogens (tertiary/aromatic N) is 1. The molecule has 4 rings (SSSR count). The Morgan fingerprint density at radius 1 is 1.07 bits per heavy atom. The zero-order chi connectivity index (χ0) is 30.5.